The van der Waals surface area contributed by atoms with Gasteiger partial charge >= 0.3 is 0 Å². The van der Waals surface area contributed by atoms with Crippen molar-refractivity contribution in [2.75, 3.05) is 26.1 Å². The number of rotatable bonds is 5. The van der Waals surface area contributed by atoms with E-state index in [1.165, 1.54) is 12.8 Å². The minimum absolute atomic E-state index is 0.234. The Balaban J connectivity index is 1.72. The number of anilines is 1. The zero-order valence-corrected chi connectivity index (χ0v) is 17.4. The summed E-state index contributed by atoms with van der Waals surface area (Å²) >= 11 is 0. The number of aryl methyl sites for hydroxylation is 1. The van der Waals surface area contributed by atoms with Crippen molar-refractivity contribution < 1.29 is 9.47 Å². The maximum absolute atomic E-state index is 10.3. The van der Waals surface area contributed by atoms with E-state index in [0.717, 1.165) is 59.8 Å². The van der Waals surface area contributed by atoms with Gasteiger partial charge in [0.05, 0.1) is 24.7 Å². The third-order valence-electron chi connectivity index (χ3n) is 6.23. The molecule has 152 valence electrons. The smallest absolute Gasteiger partial charge is 0.161 e. The lowest BCUT2D eigenvalue weighted by Gasteiger charge is -2.34. The van der Waals surface area contributed by atoms with Gasteiger partial charge in [-0.05, 0) is 56.2 Å². The SMILES string of the molecule is COc1ccc(C2(C#N)CCc3ncnc(N(C)C)c3C2)cc1OC1CCCC1. The summed E-state index contributed by atoms with van der Waals surface area (Å²) in [4.78, 5) is 10.9. The first kappa shape index (κ1) is 19.5. The average Bonchev–Trinajstić information content (AvgIpc) is 3.25. The van der Waals surface area contributed by atoms with Crippen molar-refractivity contribution in [1.29, 1.82) is 5.26 Å². The fourth-order valence-electron chi connectivity index (χ4n) is 4.60. The maximum atomic E-state index is 10.3. The van der Waals surface area contributed by atoms with E-state index in [0.29, 0.717) is 6.42 Å². The number of nitriles is 1. The average molecular weight is 393 g/mol. The molecule has 0 aliphatic heterocycles. The number of hydrogen-bond donors (Lipinski definition) is 0. The molecule has 2 aliphatic rings. The summed E-state index contributed by atoms with van der Waals surface area (Å²) in [5, 5.41) is 10.3. The van der Waals surface area contributed by atoms with Gasteiger partial charge in [-0.25, -0.2) is 9.97 Å². The minimum atomic E-state index is -0.622. The molecule has 29 heavy (non-hydrogen) atoms. The normalized spacial score (nSPS) is 21.3. The van der Waals surface area contributed by atoms with Crippen LogP contribution in [0.2, 0.25) is 0 Å². The number of hydrogen-bond acceptors (Lipinski definition) is 6. The van der Waals surface area contributed by atoms with E-state index < -0.39 is 5.41 Å². The van der Waals surface area contributed by atoms with Gasteiger partial charge in [-0.3, -0.25) is 0 Å². The number of fused-ring (bicyclic) bond motifs is 1. The summed E-state index contributed by atoms with van der Waals surface area (Å²) in [6.45, 7) is 0. The molecule has 1 heterocycles. The van der Waals surface area contributed by atoms with E-state index in [1.54, 1.807) is 13.4 Å². The van der Waals surface area contributed by atoms with Gasteiger partial charge in [0.25, 0.3) is 0 Å². The molecule has 0 radical (unpaired) electrons. The molecule has 1 fully saturated rings. The lowest BCUT2D eigenvalue weighted by molar-refractivity contribution is 0.200. The molecule has 2 aliphatic carbocycles. The summed E-state index contributed by atoms with van der Waals surface area (Å²) in [6, 6.07) is 8.59. The van der Waals surface area contributed by atoms with Crippen LogP contribution in [0.25, 0.3) is 0 Å². The molecule has 1 aromatic heterocycles. The van der Waals surface area contributed by atoms with Gasteiger partial charge in [-0.15, -0.1) is 0 Å². The lowest BCUT2D eigenvalue weighted by atomic mass is 9.69. The minimum Gasteiger partial charge on any atom is -0.493 e. The monoisotopic (exact) mass is 392 g/mol. The van der Waals surface area contributed by atoms with E-state index in [2.05, 4.69) is 16.0 Å². The molecular weight excluding hydrogens is 364 g/mol. The first-order valence-electron chi connectivity index (χ1n) is 10.3. The molecule has 0 spiro atoms. The van der Waals surface area contributed by atoms with E-state index in [-0.39, 0.29) is 6.10 Å². The van der Waals surface area contributed by atoms with E-state index in [1.807, 2.05) is 37.2 Å². The zero-order valence-electron chi connectivity index (χ0n) is 17.4. The Morgan fingerprint density at radius 2 is 1.97 bits per heavy atom. The largest absolute Gasteiger partial charge is 0.493 e. The second kappa shape index (κ2) is 7.90. The molecule has 4 rings (SSSR count). The molecule has 1 saturated carbocycles. The van der Waals surface area contributed by atoms with Crippen LogP contribution in [0, 0.1) is 11.3 Å². The first-order chi connectivity index (χ1) is 14.1. The predicted octanol–water partition coefficient (Wildman–Crippen LogP) is 3.82. The van der Waals surface area contributed by atoms with E-state index in [9.17, 15) is 5.26 Å². The summed E-state index contributed by atoms with van der Waals surface area (Å²) in [7, 11) is 5.62. The Hall–Kier alpha value is -2.81. The zero-order chi connectivity index (χ0) is 20.4. The molecule has 6 nitrogen and oxygen atoms in total. The number of benzene rings is 1. The molecule has 2 aromatic rings. The van der Waals surface area contributed by atoms with Crippen LogP contribution in [-0.4, -0.2) is 37.3 Å². The Morgan fingerprint density at radius 1 is 1.17 bits per heavy atom. The molecule has 1 unspecified atom stereocenters. The van der Waals surface area contributed by atoms with Crippen LogP contribution in [0.1, 0.15) is 48.9 Å². The van der Waals surface area contributed by atoms with Crippen LogP contribution in [0.5, 0.6) is 11.5 Å². The molecule has 1 aromatic carbocycles. The summed E-state index contributed by atoms with van der Waals surface area (Å²) in [5.74, 6) is 2.36. The third kappa shape index (κ3) is 3.62. The van der Waals surface area contributed by atoms with Crippen LogP contribution in [0.3, 0.4) is 0 Å². The van der Waals surface area contributed by atoms with Crippen molar-refractivity contribution in [1.82, 2.24) is 9.97 Å². The highest BCUT2D eigenvalue weighted by atomic mass is 16.5. The van der Waals surface area contributed by atoms with Crippen LogP contribution < -0.4 is 14.4 Å². The Kier molecular flexibility index (Phi) is 5.31. The fraction of sp³-hybridized carbons (Fsp3) is 0.522. The van der Waals surface area contributed by atoms with Crippen LogP contribution in [0.15, 0.2) is 24.5 Å². The highest BCUT2D eigenvalue weighted by Crippen LogP contribution is 2.43. The third-order valence-corrected chi connectivity index (χ3v) is 6.23. The topological polar surface area (TPSA) is 71.3 Å². The number of nitrogens with zero attached hydrogens (tertiary/aromatic N) is 4. The van der Waals surface area contributed by atoms with Crippen LogP contribution in [0.4, 0.5) is 5.82 Å². The van der Waals surface area contributed by atoms with E-state index >= 15 is 0 Å². The maximum Gasteiger partial charge on any atom is 0.161 e. The van der Waals surface area contributed by atoms with Gasteiger partial charge in [-0.2, -0.15) is 5.26 Å². The van der Waals surface area contributed by atoms with Crippen molar-refractivity contribution in [3.05, 3.63) is 41.3 Å². The Bertz CT molecular complexity index is 931. The van der Waals surface area contributed by atoms with Gasteiger partial charge < -0.3 is 14.4 Å². The van der Waals surface area contributed by atoms with Gasteiger partial charge in [0.1, 0.15) is 12.1 Å². The predicted molar refractivity (Wildman–Crippen MR) is 112 cm³/mol. The fourth-order valence-corrected chi connectivity index (χ4v) is 4.60. The van der Waals surface area contributed by atoms with Crippen molar-refractivity contribution in [2.24, 2.45) is 0 Å². The second-order valence-electron chi connectivity index (χ2n) is 8.28. The number of methoxy groups -OCH3 is 1. The Morgan fingerprint density at radius 3 is 2.66 bits per heavy atom. The van der Waals surface area contributed by atoms with Crippen LogP contribution >= 0.6 is 0 Å². The molecule has 1 atom stereocenters. The van der Waals surface area contributed by atoms with E-state index in [4.69, 9.17) is 9.47 Å². The molecule has 0 saturated heterocycles. The lowest BCUT2D eigenvalue weighted by Crippen LogP contribution is -2.34. The summed E-state index contributed by atoms with van der Waals surface area (Å²) < 4.78 is 11.8. The molecular formula is C23H28N4O2. The molecule has 6 heteroatoms. The highest BCUT2D eigenvalue weighted by molar-refractivity contribution is 5.54. The summed E-state index contributed by atoms with van der Waals surface area (Å²) in [5.41, 5.74) is 2.47. The number of ether oxygens (including phenoxy) is 2. The van der Waals surface area contributed by atoms with Crippen molar-refractivity contribution >= 4 is 5.82 Å². The second-order valence-corrected chi connectivity index (χ2v) is 8.28. The number of aromatic nitrogens is 2. The van der Waals surface area contributed by atoms with Crippen LogP contribution in [-0.2, 0) is 18.3 Å². The molecule has 0 amide bonds. The van der Waals surface area contributed by atoms with Gasteiger partial charge in [-0.1, -0.05) is 6.07 Å². The van der Waals surface area contributed by atoms with Crippen molar-refractivity contribution in [3.8, 4) is 17.6 Å². The molecule has 0 N–H and O–H groups in total. The molecule has 0 bridgehead atoms. The van der Waals surface area contributed by atoms with Crippen molar-refractivity contribution in [3.63, 3.8) is 0 Å². The van der Waals surface area contributed by atoms with Gasteiger partial charge in [0, 0.05) is 31.8 Å². The Labute approximate surface area is 172 Å². The first-order valence-corrected chi connectivity index (χ1v) is 10.3. The van der Waals surface area contributed by atoms with Crippen molar-refractivity contribution in [2.45, 2.75) is 56.5 Å². The summed E-state index contributed by atoms with van der Waals surface area (Å²) in [6.07, 6.45) is 8.51. The van der Waals surface area contributed by atoms with Gasteiger partial charge in [0.15, 0.2) is 11.5 Å². The highest BCUT2D eigenvalue weighted by Gasteiger charge is 2.39. The van der Waals surface area contributed by atoms with Gasteiger partial charge in [0.2, 0.25) is 0 Å². The quantitative estimate of drug-likeness (QED) is 0.770. The standard InChI is InChI=1S/C23H28N4O2/c1-27(2)22-18-13-23(14-24,11-10-19(18)25-15-26-22)16-8-9-20(28-3)21(12-16)29-17-6-4-5-7-17/h8-9,12,15,17H,4-7,10-11,13H2,1-3H3.